The molecular weight excluding hydrogens is 228 g/mol. The summed E-state index contributed by atoms with van der Waals surface area (Å²) in [6.45, 7) is 4.57. The third-order valence-electron chi connectivity index (χ3n) is 2.99. The van der Waals surface area contributed by atoms with Crippen LogP contribution in [0.1, 0.15) is 31.4 Å². The Morgan fingerprint density at radius 3 is 3.06 bits per heavy atom. The summed E-state index contributed by atoms with van der Waals surface area (Å²) in [5, 5.41) is 12.2. The van der Waals surface area contributed by atoms with Gasteiger partial charge in [-0.15, -0.1) is 11.8 Å². The second-order valence-electron chi connectivity index (χ2n) is 4.98. The van der Waals surface area contributed by atoms with Crippen molar-refractivity contribution in [1.82, 2.24) is 5.32 Å². The molecule has 0 fully saturated rings. The Labute approximate surface area is 107 Å². The Morgan fingerprint density at radius 1 is 1.47 bits per heavy atom. The third-order valence-corrected chi connectivity index (χ3v) is 4.19. The van der Waals surface area contributed by atoms with Gasteiger partial charge >= 0.3 is 0 Å². The van der Waals surface area contributed by atoms with Gasteiger partial charge in [-0.1, -0.05) is 12.1 Å². The average molecular weight is 246 g/mol. The maximum Gasteiger partial charge on any atom is 0.101 e. The number of nitrogens with one attached hydrogen (secondary N) is 1. The molecule has 1 aliphatic heterocycles. The number of nitriles is 1. The van der Waals surface area contributed by atoms with Gasteiger partial charge in [0.05, 0.1) is 6.07 Å². The molecule has 3 heteroatoms. The van der Waals surface area contributed by atoms with Gasteiger partial charge in [0.15, 0.2) is 0 Å². The molecule has 0 bridgehead atoms. The number of rotatable bonds is 3. The summed E-state index contributed by atoms with van der Waals surface area (Å²) in [4.78, 5) is 1.43. The van der Waals surface area contributed by atoms with Crippen molar-refractivity contribution < 1.29 is 0 Å². The molecule has 1 heterocycles. The minimum atomic E-state index is -0.454. The number of fused-ring (bicyclic) bond motifs is 1. The first-order valence-electron chi connectivity index (χ1n) is 6.02. The lowest BCUT2D eigenvalue weighted by Gasteiger charge is -2.19. The summed E-state index contributed by atoms with van der Waals surface area (Å²) < 4.78 is 0. The highest BCUT2D eigenvalue weighted by Crippen LogP contribution is 2.30. The smallest absolute Gasteiger partial charge is 0.101 e. The summed E-state index contributed by atoms with van der Waals surface area (Å²) in [6, 6.07) is 8.92. The van der Waals surface area contributed by atoms with Crippen molar-refractivity contribution >= 4 is 11.8 Å². The van der Waals surface area contributed by atoms with Crippen LogP contribution in [0.4, 0.5) is 0 Å². The van der Waals surface area contributed by atoms with Gasteiger partial charge in [0.25, 0.3) is 0 Å². The lowest BCUT2D eigenvalue weighted by molar-refractivity contribution is 0.485. The van der Waals surface area contributed by atoms with Gasteiger partial charge < -0.3 is 0 Å². The van der Waals surface area contributed by atoms with E-state index in [0.717, 1.165) is 6.54 Å². The molecule has 0 saturated carbocycles. The van der Waals surface area contributed by atoms with Crippen LogP contribution in [-0.2, 0) is 13.0 Å². The monoisotopic (exact) mass is 246 g/mol. The predicted molar refractivity (Wildman–Crippen MR) is 72.0 cm³/mol. The molecule has 1 aliphatic rings. The molecule has 0 atom stereocenters. The quantitative estimate of drug-likeness (QED) is 0.890. The van der Waals surface area contributed by atoms with E-state index < -0.39 is 5.54 Å². The van der Waals surface area contributed by atoms with E-state index in [4.69, 9.17) is 5.26 Å². The molecule has 0 radical (unpaired) electrons. The van der Waals surface area contributed by atoms with Crippen molar-refractivity contribution in [3.05, 3.63) is 29.3 Å². The van der Waals surface area contributed by atoms with Crippen LogP contribution >= 0.6 is 11.8 Å². The minimum absolute atomic E-state index is 0.454. The summed E-state index contributed by atoms with van der Waals surface area (Å²) in [7, 11) is 0. The number of hydrogen-bond donors (Lipinski definition) is 1. The maximum atomic E-state index is 8.95. The molecule has 90 valence electrons. The fourth-order valence-electron chi connectivity index (χ4n) is 1.89. The zero-order valence-corrected chi connectivity index (χ0v) is 11.2. The molecule has 1 N–H and O–H groups in total. The van der Waals surface area contributed by atoms with Crippen LogP contribution in [-0.4, -0.2) is 11.3 Å². The molecule has 0 aliphatic carbocycles. The molecule has 0 aromatic heterocycles. The highest BCUT2D eigenvalue weighted by atomic mass is 32.2. The Hall–Kier alpha value is -0.980. The Kier molecular flexibility index (Phi) is 3.76. The van der Waals surface area contributed by atoms with E-state index in [1.54, 1.807) is 0 Å². The highest BCUT2D eigenvalue weighted by Gasteiger charge is 2.15. The Balaban J connectivity index is 2.05. The van der Waals surface area contributed by atoms with E-state index in [2.05, 4.69) is 29.6 Å². The Morgan fingerprint density at radius 2 is 2.29 bits per heavy atom. The van der Waals surface area contributed by atoms with E-state index in [1.165, 1.54) is 34.6 Å². The van der Waals surface area contributed by atoms with E-state index in [0.29, 0.717) is 0 Å². The SMILES string of the molecule is CC(C)(C#N)NCc1ccc2c(c1)CCCS2. The summed E-state index contributed by atoms with van der Waals surface area (Å²) in [6.07, 6.45) is 2.47. The number of hydrogen-bond acceptors (Lipinski definition) is 3. The summed E-state index contributed by atoms with van der Waals surface area (Å²) >= 11 is 1.95. The first-order valence-corrected chi connectivity index (χ1v) is 7.00. The molecule has 17 heavy (non-hydrogen) atoms. The number of nitrogens with zero attached hydrogens (tertiary/aromatic N) is 1. The molecule has 1 aromatic rings. The number of aryl methyl sites for hydroxylation is 1. The number of thioether (sulfide) groups is 1. The normalized spacial score (nSPS) is 15.1. The van der Waals surface area contributed by atoms with Gasteiger partial charge in [0.2, 0.25) is 0 Å². The van der Waals surface area contributed by atoms with Crippen LogP contribution in [0.25, 0.3) is 0 Å². The molecule has 0 spiro atoms. The van der Waals surface area contributed by atoms with Crippen molar-refractivity contribution in [1.29, 1.82) is 5.26 Å². The van der Waals surface area contributed by atoms with Crippen molar-refractivity contribution in [2.75, 3.05) is 5.75 Å². The molecule has 2 rings (SSSR count). The zero-order valence-electron chi connectivity index (χ0n) is 10.4. The fourth-order valence-corrected chi connectivity index (χ4v) is 2.91. The lowest BCUT2D eigenvalue weighted by Crippen LogP contribution is -2.36. The van der Waals surface area contributed by atoms with Crippen molar-refractivity contribution in [2.24, 2.45) is 0 Å². The first kappa shape index (κ1) is 12.5. The summed E-state index contributed by atoms with van der Waals surface area (Å²) in [5.41, 5.74) is 2.29. The largest absolute Gasteiger partial charge is 0.296 e. The average Bonchev–Trinajstić information content (AvgIpc) is 2.36. The minimum Gasteiger partial charge on any atom is -0.296 e. The van der Waals surface area contributed by atoms with Crippen LogP contribution in [0.3, 0.4) is 0 Å². The second-order valence-corrected chi connectivity index (χ2v) is 6.12. The van der Waals surface area contributed by atoms with E-state index in [1.807, 2.05) is 25.6 Å². The van der Waals surface area contributed by atoms with Gasteiger partial charge in [-0.3, -0.25) is 5.32 Å². The fraction of sp³-hybridized carbons (Fsp3) is 0.500. The van der Waals surface area contributed by atoms with Crippen LogP contribution in [0.2, 0.25) is 0 Å². The van der Waals surface area contributed by atoms with Crippen molar-refractivity contribution in [3.8, 4) is 6.07 Å². The maximum absolute atomic E-state index is 8.95. The van der Waals surface area contributed by atoms with Crippen LogP contribution in [0.15, 0.2) is 23.1 Å². The molecule has 0 saturated heterocycles. The molecule has 1 aromatic carbocycles. The first-order chi connectivity index (χ1) is 8.11. The highest BCUT2D eigenvalue weighted by molar-refractivity contribution is 7.99. The second kappa shape index (κ2) is 5.12. The summed E-state index contributed by atoms with van der Waals surface area (Å²) in [5.74, 6) is 1.24. The molecule has 0 unspecified atom stereocenters. The van der Waals surface area contributed by atoms with Crippen molar-refractivity contribution in [2.45, 2.75) is 43.7 Å². The topological polar surface area (TPSA) is 35.8 Å². The van der Waals surface area contributed by atoms with E-state index >= 15 is 0 Å². The van der Waals surface area contributed by atoms with Gasteiger partial charge in [0, 0.05) is 11.4 Å². The molecule has 0 amide bonds. The number of benzene rings is 1. The van der Waals surface area contributed by atoms with Crippen molar-refractivity contribution in [3.63, 3.8) is 0 Å². The zero-order chi connectivity index (χ0) is 12.3. The molecule has 2 nitrogen and oxygen atoms in total. The van der Waals surface area contributed by atoms with Gasteiger partial charge in [-0.2, -0.15) is 5.26 Å². The lowest BCUT2D eigenvalue weighted by atomic mass is 10.0. The van der Waals surface area contributed by atoms with Gasteiger partial charge in [-0.05, 0) is 49.6 Å². The van der Waals surface area contributed by atoms with Crippen LogP contribution in [0.5, 0.6) is 0 Å². The standard InChI is InChI=1S/C14H18N2S/c1-14(2,10-15)16-9-11-5-6-13-12(8-11)4-3-7-17-13/h5-6,8,16H,3-4,7,9H2,1-2H3. The molecular formula is C14H18N2S. The third kappa shape index (κ3) is 3.24. The predicted octanol–water partition coefficient (Wildman–Crippen LogP) is 3.12. The van der Waals surface area contributed by atoms with Crippen LogP contribution < -0.4 is 5.32 Å². The van der Waals surface area contributed by atoms with Gasteiger partial charge in [0.1, 0.15) is 5.54 Å². The van der Waals surface area contributed by atoms with Crippen LogP contribution in [0, 0.1) is 11.3 Å². The van der Waals surface area contributed by atoms with Gasteiger partial charge in [-0.25, -0.2) is 0 Å². The Bertz CT molecular complexity index is 446. The van der Waals surface area contributed by atoms with E-state index in [-0.39, 0.29) is 0 Å². The van der Waals surface area contributed by atoms with E-state index in [9.17, 15) is 0 Å².